The smallest absolute Gasteiger partial charge is 0.191 e. The van der Waals surface area contributed by atoms with Crippen molar-refractivity contribution in [2.45, 2.75) is 6.54 Å². The maximum Gasteiger partial charge on any atom is 0.191 e. The lowest BCUT2D eigenvalue weighted by Gasteiger charge is -2.15. The Kier molecular flexibility index (Phi) is 7.61. The van der Waals surface area contributed by atoms with E-state index in [1.165, 1.54) is 11.3 Å². The SMILES string of the molecule is CN=C(NCCOc1ccc(OC)cc1)NCc1cccc(N(C)C)c1. The number of ether oxygens (including phenoxy) is 2. The summed E-state index contributed by atoms with van der Waals surface area (Å²) in [6.45, 7) is 1.91. The van der Waals surface area contributed by atoms with E-state index in [2.05, 4.69) is 44.8 Å². The highest BCUT2D eigenvalue weighted by molar-refractivity contribution is 5.79. The Morgan fingerprint density at radius 2 is 1.77 bits per heavy atom. The van der Waals surface area contributed by atoms with Crippen LogP contribution in [0.15, 0.2) is 53.5 Å². The van der Waals surface area contributed by atoms with E-state index in [0.717, 1.165) is 17.5 Å². The Morgan fingerprint density at radius 1 is 1.04 bits per heavy atom. The summed E-state index contributed by atoms with van der Waals surface area (Å²) in [6.07, 6.45) is 0. The lowest BCUT2D eigenvalue weighted by molar-refractivity contribution is 0.321. The fourth-order valence-corrected chi connectivity index (χ4v) is 2.36. The molecule has 0 atom stereocenters. The van der Waals surface area contributed by atoms with Gasteiger partial charge in [0, 0.05) is 33.4 Å². The van der Waals surface area contributed by atoms with Crippen LogP contribution in [0.1, 0.15) is 5.56 Å². The standard InChI is InChI=1S/C20H28N4O2/c1-21-20(23-15-16-6-5-7-17(14-16)24(2)3)22-12-13-26-19-10-8-18(25-4)9-11-19/h5-11,14H,12-13,15H2,1-4H3,(H2,21,22,23). The van der Waals surface area contributed by atoms with E-state index in [-0.39, 0.29) is 0 Å². The molecule has 0 aliphatic rings. The highest BCUT2D eigenvalue weighted by Crippen LogP contribution is 2.16. The molecule has 2 aromatic rings. The quantitative estimate of drug-likeness (QED) is 0.432. The monoisotopic (exact) mass is 356 g/mol. The third kappa shape index (κ3) is 6.20. The second-order valence-corrected chi connectivity index (χ2v) is 5.94. The second kappa shape index (κ2) is 10.2. The van der Waals surface area contributed by atoms with Gasteiger partial charge in [0.15, 0.2) is 5.96 Å². The van der Waals surface area contributed by atoms with Crippen LogP contribution in [-0.2, 0) is 6.54 Å². The molecule has 0 unspecified atom stereocenters. The predicted octanol–water partition coefficient (Wildman–Crippen LogP) is 2.51. The molecular formula is C20H28N4O2. The fraction of sp³-hybridized carbons (Fsp3) is 0.350. The fourth-order valence-electron chi connectivity index (χ4n) is 2.36. The molecule has 0 aromatic heterocycles. The number of hydrogen-bond acceptors (Lipinski definition) is 4. The van der Waals surface area contributed by atoms with E-state index in [1.54, 1.807) is 14.2 Å². The maximum atomic E-state index is 5.70. The molecule has 0 bridgehead atoms. The van der Waals surface area contributed by atoms with Crippen molar-refractivity contribution in [1.29, 1.82) is 0 Å². The van der Waals surface area contributed by atoms with E-state index < -0.39 is 0 Å². The van der Waals surface area contributed by atoms with Gasteiger partial charge in [-0.1, -0.05) is 12.1 Å². The summed E-state index contributed by atoms with van der Waals surface area (Å²) in [6, 6.07) is 16.0. The minimum Gasteiger partial charge on any atom is -0.497 e. The van der Waals surface area contributed by atoms with Crippen LogP contribution < -0.4 is 25.0 Å². The first kappa shape index (κ1) is 19.4. The average molecular weight is 356 g/mol. The van der Waals surface area contributed by atoms with Crippen LogP contribution in [0.25, 0.3) is 0 Å². The summed E-state index contributed by atoms with van der Waals surface area (Å²) in [5.74, 6) is 2.38. The molecule has 26 heavy (non-hydrogen) atoms. The number of guanidine groups is 1. The summed E-state index contributed by atoms with van der Waals surface area (Å²) >= 11 is 0. The number of aliphatic imine (C=N–C) groups is 1. The van der Waals surface area contributed by atoms with Gasteiger partial charge < -0.3 is 25.0 Å². The highest BCUT2D eigenvalue weighted by Gasteiger charge is 2.01. The molecule has 140 valence electrons. The van der Waals surface area contributed by atoms with Crippen LogP contribution in [0.3, 0.4) is 0 Å². The van der Waals surface area contributed by atoms with Crippen LogP contribution >= 0.6 is 0 Å². The maximum absolute atomic E-state index is 5.70. The average Bonchev–Trinajstić information content (AvgIpc) is 2.68. The van der Waals surface area contributed by atoms with Crippen molar-refractivity contribution >= 4 is 11.6 Å². The zero-order valence-corrected chi connectivity index (χ0v) is 16.0. The molecule has 0 fully saturated rings. The van der Waals surface area contributed by atoms with E-state index in [9.17, 15) is 0 Å². The van der Waals surface area contributed by atoms with E-state index in [1.807, 2.05) is 38.4 Å². The number of benzene rings is 2. The van der Waals surface area contributed by atoms with Gasteiger partial charge in [-0.2, -0.15) is 0 Å². The summed E-state index contributed by atoms with van der Waals surface area (Å²) in [5, 5.41) is 6.56. The van der Waals surface area contributed by atoms with Crippen LogP contribution in [0.2, 0.25) is 0 Å². The van der Waals surface area contributed by atoms with Gasteiger partial charge in [-0.25, -0.2) is 0 Å². The predicted molar refractivity (Wildman–Crippen MR) is 107 cm³/mol. The topological polar surface area (TPSA) is 58.1 Å². The molecule has 2 rings (SSSR count). The zero-order chi connectivity index (χ0) is 18.8. The van der Waals surface area contributed by atoms with Gasteiger partial charge in [-0.05, 0) is 42.0 Å². The number of nitrogens with zero attached hydrogens (tertiary/aromatic N) is 2. The molecule has 0 radical (unpaired) electrons. The Hall–Kier alpha value is -2.89. The van der Waals surface area contributed by atoms with Gasteiger partial charge in [0.1, 0.15) is 18.1 Å². The first-order valence-corrected chi connectivity index (χ1v) is 8.60. The number of rotatable bonds is 8. The number of nitrogens with one attached hydrogen (secondary N) is 2. The first-order valence-electron chi connectivity index (χ1n) is 8.60. The number of hydrogen-bond donors (Lipinski definition) is 2. The van der Waals surface area contributed by atoms with Gasteiger partial charge in [0.25, 0.3) is 0 Å². The van der Waals surface area contributed by atoms with Gasteiger partial charge in [-0.3, -0.25) is 4.99 Å². The molecule has 0 saturated carbocycles. The van der Waals surface area contributed by atoms with Gasteiger partial charge >= 0.3 is 0 Å². The molecule has 0 aliphatic carbocycles. The van der Waals surface area contributed by atoms with Crippen molar-refractivity contribution < 1.29 is 9.47 Å². The van der Waals surface area contributed by atoms with Crippen molar-refractivity contribution in [2.24, 2.45) is 4.99 Å². The Bertz CT molecular complexity index is 699. The Morgan fingerprint density at radius 3 is 2.42 bits per heavy atom. The van der Waals surface area contributed by atoms with Crippen LogP contribution in [0, 0.1) is 0 Å². The third-order valence-electron chi connectivity index (χ3n) is 3.83. The lowest BCUT2D eigenvalue weighted by Crippen LogP contribution is -2.38. The number of anilines is 1. The summed E-state index contributed by atoms with van der Waals surface area (Å²) in [7, 11) is 7.48. The largest absolute Gasteiger partial charge is 0.497 e. The van der Waals surface area contributed by atoms with Crippen molar-refractivity contribution in [2.75, 3.05) is 46.3 Å². The van der Waals surface area contributed by atoms with Gasteiger partial charge in [-0.15, -0.1) is 0 Å². The van der Waals surface area contributed by atoms with Crippen molar-refractivity contribution in [3.05, 3.63) is 54.1 Å². The van der Waals surface area contributed by atoms with Crippen LogP contribution in [0.4, 0.5) is 5.69 Å². The minimum absolute atomic E-state index is 0.545. The van der Waals surface area contributed by atoms with E-state index in [0.29, 0.717) is 19.7 Å². The first-order chi connectivity index (χ1) is 12.6. The zero-order valence-electron chi connectivity index (χ0n) is 16.0. The molecule has 2 N–H and O–H groups in total. The molecule has 0 saturated heterocycles. The molecule has 2 aromatic carbocycles. The molecule has 0 aliphatic heterocycles. The molecule has 6 nitrogen and oxygen atoms in total. The van der Waals surface area contributed by atoms with Gasteiger partial charge in [0.2, 0.25) is 0 Å². The molecule has 0 amide bonds. The lowest BCUT2D eigenvalue weighted by atomic mass is 10.2. The highest BCUT2D eigenvalue weighted by atomic mass is 16.5. The molecular weight excluding hydrogens is 328 g/mol. The Balaban J connectivity index is 1.73. The van der Waals surface area contributed by atoms with Crippen LogP contribution in [-0.4, -0.2) is 47.4 Å². The van der Waals surface area contributed by atoms with Crippen LogP contribution in [0.5, 0.6) is 11.5 Å². The summed E-state index contributed by atoms with van der Waals surface area (Å²) < 4.78 is 10.8. The molecule has 6 heteroatoms. The van der Waals surface area contributed by atoms with Crippen molar-refractivity contribution in [3.8, 4) is 11.5 Å². The van der Waals surface area contributed by atoms with Crippen molar-refractivity contribution in [1.82, 2.24) is 10.6 Å². The van der Waals surface area contributed by atoms with Gasteiger partial charge in [0.05, 0.1) is 13.7 Å². The third-order valence-corrected chi connectivity index (χ3v) is 3.83. The van der Waals surface area contributed by atoms with Crippen molar-refractivity contribution in [3.63, 3.8) is 0 Å². The number of methoxy groups -OCH3 is 1. The summed E-state index contributed by atoms with van der Waals surface area (Å²) in [5.41, 5.74) is 2.38. The van der Waals surface area contributed by atoms with E-state index in [4.69, 9.17) is 9.47 Å². The normalized spacial score (nSPS) is 11.0. The minimum atomic E-state index is 0.545. The summed E-state index contributed by atoms with van der Waals surface area (Å²) in [4.78, 5) is 6.33. The molecule has 0 spiro atoms. The second-order valence-electron chi connectivity index (χ2n) is 5.94. The Labute approximate surface area is 155 Å². The molecule has 0 heterocycles. The van der Waals surface area contributed by atoms with E-state index >= 15 is 0 Å².